The third-order valence-electron chi connectivity index (χ3n) is 2.43. The summed E-state index contributed by atoms with van der Waals surface area (Å²) in [7, 11) is 1.96. The molecule has 1 atom stereocenters. The van der Waals surface area contributed by atoms with Crippen molar-refractivity contribution in [1.82, 2.24) is 10.2 Å². The topological polar surface area (TPSA) is 52.6 Å². The summed E-state index contributed by atoms with van der Waals surface area (Å²) in [6.07, 6.45) is 1.99. The normalized spacial score (nSPS) is 15.3. The molecule has 4 nitrogen and oxygen atoms in total. The largest absolute Gasteiger partial charge is 0.480 e. The molecule has 4 heteroatoms. The molecule has 0 spiro atoms. The number of carboxylic acids is 1. The van der Waals surface area contributed by atoms with Gasteiger partial charge in [-0.2, -0.15) is 0 Å². The molecule has 0 saturated carbocycles. The van der Waals surface area contributed by atoms with E-state index < -0.39 is 11.5 Å². The highest BCUT2D eigenvalue weighted by molar-refractivity contribution is 5.78. The van der Waals surface area contributed by atoms with E-state index >= 15 is 0 Å². The summed E-state index contributed by atoms with van der Waals surface area (Å²) < 4.78 is 0. The van der Waals surface area contributed by atoms with E-state index in [0.29, 0.717) is 6.54 Å². The number of hydrogen-bond donors (Lipinski definition) is 2. The molecule has 0 aliphatic carbocycles. The zero-order chi connectivity index (χ0) is 11.9. The molecule has 15 heavy (non-hydrogen) atoms. The maximum Gasteiger partial charge on any atom is 0.324 e. The van der Waals surface area contributed by atoms with Gasteiger partial charge in [-0.15, -0.1) is 0 Å². The van der Waals surface area contributed by atoms with Crippen LogP contribution in [0.15, 0.2) is 0 Å². The van der Waals surface area contributed by atoms with E-state index in [1.54, 1.807) is 6.92 Å². The summed E-state index contributed by atoms with van der Waals surface area (Å²) in [6.45, 7) is 8.08. The van der Waals surface area contributed by atoms with Crippen molar-refractivity contribution in [3.63, 3.8) is 0 Å². The van der Waals surface area contributed by atoms with Gasteiger partial charge in [0.15, 0.2) is 0 Å². The molecule has 0 aromatic carbocycles. The molecule has 0 aliphatic heterocycles. The van der Waals surface area contributed by atoms with Gasteiger partial charge in [0.05, 0.1) is 0 Å². The first-order valence-corrected chi connectivity index (χ1v) is 5.63. The molecule has 1 unspecified atom stereocenters. The van der Waals surface area contributed by atoms with Gasteiger partial charge in [-0.1, -0.05) is 13.8 Å². The summed E-state index contributed by atoms with van der Waals surface area (Å²) in [5.41, 5.74) is -0.833. The molecule has 0 radical (unpaired) electrons. The van der Waals surface area contributed by atoms with Crippen molar-refractivity contribution < 1.29 is 9.90 Å². The molecule has 0 aromatic rings. The van der Waals surface area contributed by atoms with Crippen molar-refractivity contribution in [3.8, 4) is 0 Å². The zero-order valence-corrected chi connectivity index (χ0v) is 10.3. The first kappa shape index (κ1) is 14.4. The van der Waals surface area contributed by atoms with Crippen LogP contribution in [0.4, 0.5) is 0 Å². The Labute approximate surface area is 92.7 Å². The Balaban J connectivity index is 4.30. The van der Waals surface area contributed by atoms with E-state index in [1.165, 1.54) is 0 Å². The standard InChI is InChI=1S/C11H24N2O2/c1-5-7-12-11(3,10(14)15)9-13(4)8-6-2/h12H,5-9H2,1-4H3,(H,14,15). The molecule has 0 bridgehead atoms. The van der Waals surface area contributed by atoms with Gasteiger partial charge in [0.1, 0.15) is 5.54 Å². The van der Waals surface area contributed by atoms with Gasteiger partial charge in [0, 0.05) is 6.54 Å². The van der Waals surface area contributed by atoms with Crippen LogP contribution in [-0.4, -0.2) is 48.2 Å². The minimum absolute atomic E-state index is 0.538. The van der Waals surface area contributed by atoms with Gasteiger partial charge in [0.2, 0.25) is 0 Å². The van der Waals surface area contributed by atoms with Gasteiger partial charge >= 0.3 is 5.97 Å². The quantitative estimate of drug-likeness (QED) is 0.639. The van der Waals surface area contributed by atoms with Crippen LogP contribution < -0.4 is 5.32 Å². The van der Waals surface area contributed by atoms with Crippen LogP contribution >= 0.6 is 0 Å². The van der Waals surface area contributed by atoms with Gasteiger partial charge in [0.25, 0.3) is 0 Å². The van der Waals surface area contributed by atoms with Crippen molar-refractivity contribution >= 4 is 5.97 Å². The zero-order valence-electron chi connectivity index (χ0n) is 10.3. The minimum Gasteiger partial charge on any atom is -0.480 e. The SMILES string of the molecule is CCCNC(C)(CN(C)CCC)C(=O)O. The molecule has 0 amide bonds. The van der Waals surface area contributed by atoms with Gasteiger partial charge in [-0.05, 0) is 39.9 Å². The number of likely N-dealkylation sites (N-methyl/N-ethyl adjacent to an activating group) is 1. The van der Waals surface area contributed by atoms with Crippen molar-refractivity contribution in [2.24, 2.45) is 0 Å². The lowest BCUT2D eigenvalue weighted by molar-refractivity contribution is -0.144. The predicted octanol–water partition coefficient (Wildman–Crippen LogP) is 1.17. The van der Waals surface area contributed by atoms with Crippen LogP contribution in [0.25, 0.3) is 0 Å². The third kappa shape index (κ3) is 5.14. The van der Waals surface area contributed by atoms with Gasteiger partial charge < -0.3 is 15.3 Å². The Morgan fingerprint density at radius 1 is 1.40 bits per heavy atom. The maximum atomic E-state index is 11.2. The van der Waals surface area contributed by atoms with Crippen LogP contribution in [0.5, 0.6) is 0 Å². The lowest BCUT2D eigenvalue weighted by Crippen LogP contribution is -2.56. The molecule has 0 fully saturated rings. The Morgan fingerprint density at radius 3 is 2.40 bits per heavy atom. The summed E-state index contributed by atoms with van der Waals surface area (Å²) in [5, 5.41) is 12.3. The molecule has 0 rings (SSSR count). The second-order valence-electron chi connectivity index (χ2n) is 4.30. The molecule has 0 heterocycles. The third-order valence-corrected chi connectivity index (χ3v) is 2.43. The minimum atomic E-state index is -0.833. The molecule has 0 aromatic heterocycles. The average Bonchev–Trinajstić information content (AvgIpc) is 2.14. The van der Waals surface area contributed by atoms with Crippen molar-refractivity contribution in [2.45, 2.75) is 39.2 Å². The van der Waals surface area contributed by atoms with Crippen LogP contribution in [-0.2, 0) is 4.79 Å². The predicted molar refractivity (Wildman–Crippen MR) is 62.1 cm³/mol. The Kier molecular flexibility index (Phi) is 6.52. The van der Waals surface area contributed by atoms with Gasteiger partial charge in [-0.3, -0.25) is 4.79 Å². The highest BCUT2D eigenvalue weighted by atomic mass is 16.4. The number of nitrogens with one attached hydrogen (secondary N) is 1. The van der Waals surface area contributed by atoms with E-state index in [2.05, 4.69) is 17.1 Å². The second-order valence-corrected chi connectivity index (χ2v) is 4.30. The van der Waals surface area contributed by atoms with Crippen LogP contribution in [0.2, 0.25) is 0 Å². The van der Waals surface area contributed by atoms with Crippen molar-refractivity contribution in [1.29, 1.82) is 0 Å². The number of rotatable bonds is 8. The average molecular weight is 216 g/mol. The Morgan fingerprint density at radius 2 is 2.00 bits per heavy atom. The number of carbonyl (C=O) groups is 1. The summed E-state index contributed by atoms with van der Waals surface area (Å²) in [6, 6.07) is 0. The summed E-state index contributed by atoms with van der Waals surface area (Å²) in [5.74, 6) is -0.779. The first-order chi connectivity index (χ1) is 6.96. The molecule has 0 saturated heterocycles. The van der Waals surface area contributed by atoms with Crippen LogP contribution in [0.3, 0.4) is 0 Å². The highest BCUT2D eigenvalue weighted by Crippen LogP contribution is 2.07. The number of nitrogens with zero attached hydrogens (tertiary/aromatic N) is 1. The number of hydrogen-bond acceptors (Lipinski definition) is 3. The second kappa shape index (κ2) is 6.80. The van der Waals surface area contributed by atoms with Gasteiger partial charge in [-0.25, -0.2) is 0 Å². The van der Waals surface area contributed by atoms with E-state index in [4.69, 9.17) is 0 Å². The monoisotopic (exact) mass is 216 g/mol. The smallest absolute Gasteiger partial charge is 0.324 e. The van der Waals surface area contributed by atoms with E-state index in [1.807, 2.05) is 14.0 Å². The number of aliphatic carboxylic acids is 1. The summed E-state index contributed by atoms with van der Waals surface area (Å²) >= 11 is 0. The molecular weight excluding hydrogens is 192 g/mol. The highest BCUT2D eigenvalue weighted by Gasteiger charge is 2.33. The molecule has 2 N–H and O–H groups in total. The Bertz CT molecular complexity index is 197. The van der Waals surface area contributed by atoms with E-state index in [0.717, 1.165) is 25.9 Å². The maximum absolute atomic E-state index is 11.2. The van der Waals surface area contributed by atoms with Crippen molar-refractivity contribution in [3.05, 3.63) is 0 Å². The fourth-order valence-corrected chi connectivity index (χ4v) is 1.60. The van der Waals surface area contributed by atoms with Crippen LogP contribution in [0, 0.1) is 0 Å². The first-order valence-electron chi connectivity index (χ1n) is 5.63. The van der Waals surface area contributed by atoms with E-state index in [9.17, 15) is 9.90 Å². The fourth-order valence-electron chi connectivity index (χ4n) is 1.60. The summed E-state index contributed by atoms with van der Waals surface area (Å²) in [4.78, 5) is 13.2. The molecule has 90 valence electrons. The van der Waals surface area contributed by atoms with Crippen LogP contribution in [0.1, 0.15) is 33.6 Å². The number of carboxylic acid groups (broad SMARTS) is 1. The lowest BCUT2D eigenvalue weighted by Gasteiger charge is -2.31. The van der Waals surface area contributed by atoms with E-state index in [-0.39, 0.29) is 0 Å². The molecule has 0 aliphatic rings. The Hall–Kier alpha value is -0.610. The molecular formula is C11H24N2O2. The lowest BCUT2D eigenvalue weighted by atomic mass is 10.0. The van der Waals surface area contributed by atoms with Crippen molar-refractivity contribution in [2.75, 3.05) is 26.7 Å². The fraction of sp³-hybridized carbons (Fsp3) is 0.909.